The number of nitrogens with one attached hydrogen (secondary N) is 1. The van der Waals surface area contributed by atoms with Crippen molar-refractivity contribution >= 4 is 17.2 Å². The smallest absolute Gasteiger partial charge is 0.239 e. The highest BCUT2D eigenvalue weighted by Gasteiger charge is 2.05. The van der Waals surface area contributed by atoms with Crippen molar-refractivity contribution in [3.63, 3.8) is 0 Å². The van der Waals surface area contributed by atoms with Crippen LogP contribution in [0.1, 0.15) is 18.9 Å². The predicted octanol–water partition coefficient (Wildman–Crippen LogP) is 3.07. The summed E-state index contributed by atoms with van der Waals surface area (Å²) in [6.07, 6.45) is 0.892. The monoisotopic (exact) mass is 268 g/mol. The molecule has 20 heavy (non-hydrogen) atoms. The molecule has 0 bridgehead atoms. The lowest BCUT2D eigenvalue weighted by Crippen LogP contribution is -2.03. The maximum Gasteiger partial charge on any atom is 0.239 e. The first-order chi connectivity index (χ1) is 9.72. The van der Waals surface area contributed by atoms with E-state index in [2.05, 4.69) is 16.4 Å². The number of ether oxygens (including phenoxy) is 1. The lowest BCUT2D eigenvalue weighted by molar-refractivity contribution is 0.307. The van der Waals surface area contributed by atoms with Gasteiger partial charge in [0.15, 0.2) is 0 Å². The van der Waals surface area contributed by atoms with Crippen LogP contribution in [-0.2, 0) is 0 Å². The number of nitrogen functional groups attached to an aromatic ring is 1. The van der Waals surface area contributed by atoms with Crippen LogP contribution in [0.4, 0.5) is 17.2 Å². The number of nitriles is 1. The van der Waals surface area contributed by atoms with E-state index < -0.39 is 0 Å². The Bertz CT molecular complexity index is 634. The standard InChI is InChI=1S/C15H16N4O/c1-2-8-20-15-13(17)6-7-14(19-15)18-12-5-3-4-11(9-12)10-16/h3-7,9H,2,8,17H2,1H3,(H,18,19). The second-order valence-electron chi connectivity index (χ2n) is 4.26. The molecule has 5 nitrogen and oxygen atoms in total. The third-order valence-electron chi connectivity index (χ3n) is 2.60. The Morgan fingerprint density at radius 2 is 2.20 bits per heavy atom. The highest BCUT2D eigenvalue weighted by atomic mass is 16.5. The van der Waals surface area contributed by atoms with Gasteiger partial charge in [-0.2, -0.15) is 10.2 Å². The van der Waals surface area contributed by atoms with Gasteiger partial charge in [0.2, 0.25) is 5.88 Å². The van der Waals surface area contributed by atoms with Crippen LogP contribution in [0.5, 0.6) is 5.88 Å². The zero-order chi connectivity index (χ0) is 14.4. The first-order valence-electron chi connectivity index (χ1n) is 6.39. The number of hydrogen-bond donors (Lipinski definition) is 2. The van der Waals surface area contributed by atoms with Gasteiger partial charge in [0.05, 0.1) is 23.9 Å². The number of hydrogen-bond acceptors (Lipinski definition) is 5. The van der Waals surface area contributed by atoms with Gasteiger partial charge in [-0.05, 0) is 36.8 Å². The summed E-state index contributed by atoms with van der Waals surface area (Å²) < 4.78 is 5.48. The summed E-state index contributed by atoms with van der Waals surface area (Å²) in [4.78, 5) is 4.32. The molecule has 0 aliphatic rings. The first-order valence-corrected chi connectivity index (χ1v) is 6.39. The van der Waals surface area contributed by atoms with E-state index in [4.69, 9.17) is 15.7 Å². The summed E-state index contributed by atoms with van der Waals surface area (Å²) in [6, 6.07) is 12.8. The van der Waals surface area contributed by atoms with Gasteiger partial charge in [-0.1, -0.05) is 13.0 Å². The molecule has 0 saturated heterocycles. The van der Waals surface area contributed by atoms with Crippen molar-refractivity contribution < 1.29 is 4.74 Å². The van der Waals surface area contributed by atoms with E-state index in [1.165, 1.54) is 0 Å². The molecular weight excluding hydrogens is 252 g/mol. The zero-order valence-electron chi connectivity index (χ0n) is 11.3. The molecule has 0 aliphatic heterocycles. The molecule has 0 radical (unpaired) electrons. The van der Waals surface area contributed by atoms with E-state index in [-0.39, 0.29) is 0 Å². The molecule has 0 saturated carbocycles. The molecule has 0 spiro atoms. The second-order valence-corrected chi connectivity index (χ2v) is 4.26. The Morgan fingerprint density at radius 1 is 1.35 bits per heavy atom. The Labute approximate surface area is 118 Å². The van der Waals surface area contributed by atoms with Crippen molar-refractivity contribution in [2.24, 2.45) is 0 Å². The maximum absolute atomic E-state index is 8.88. The molecule has 0 atom stereocenters. The molecule has 0 fully saturated rings. The van der Waals surface area contributed by atoms with Gasteiger partial charge in [-0.3, -0.25) is 0 Å². The van der Waals surface area contributed by atoms with Gasteiger partial charge in [0.1, 0.15) is 5.82 Å². The van der Waals surface area contributed by atoms with Crippen LogP contribution in [0, 0.1) is 11.3 Å². The summed E-state index contributed by atoms with van der Waals surface area (Å²) in [5.74, 6) is 1.05. The van der Waals surface area contributed by atoms with E-state index in [0.717, 1.165) is 12.1 Å². The molecule has 2 aromatic rings. The van der Waals surface area contributed by atoms with Gasteiger partial charge in [0, 0.05) is 5.69 Å². The number of aromatic nitrogens is 1. The molecular formula is C15H16N4O. The third-order valence-corrected chi connectivity index (χ3v) is 2.60. The van der Waals surface area contributed by atoms with Gasteiger partial charge >= 0.3 is 0 Å². The molecule has 3 N–H and O–H groups in total. The molecule has 102 valence electrons. The van der Waals surface area contributed by atoms with E-state index in [1.54, 1.807) is 24.3 Å². The van der Waals surface area contributed by atoms with Gasteiger partial charge in [0.25, 0.3) is 0 Å². The van der Waals surface area contributed by atoms with Crippen molar-refractivity contribution in [3.8, 4) is 11.9 Å². The minimum absolute atomic E-state index is 0.424. The maximum atomic E-state index is 8.88. The van der Waals surface area contributed by atoms with Crippen LogP contribution in [0.15, 0.2) is 36.4 Å². The van der Waals surface area contributed by atoms with Crippen LogP contribution in [-0.4, -0.2) is 11.6 Å². The van der Waals surface area contributed by atoms with Crippen molar-refractivity contribution in [1.29, 1.82) is 5.26 Å². The lowest BCUT2D eigenvalue weighted by atomic mass is 10.2. The fraction of sp³-hybridized carbons (Fsp3) is 0.200. The SMILES string of the molecule is CCCOc1nc(Nc2cccc(C#N)c2)ccc1N. The molecule has 1 aromatic heterocycles. The van der Waals surface area contributed by atoms with Gasteiger partial charge < -0.3 is 15.8 Å². The number of benzene rings is 1. The van der Waals surface area contributed by atoms with Crippen molar-refractivity contribution in [2.75, 3.05) is 17.7 Å². The topological polar surface area (TPSA) is 84.0 Å². The van der Waals surface area contributed by atoms with Gasteiger partial charge in [-0.15, -0.1) is 0 Å². The third kappa shape index (κ3) is 3.39. The van der Waals surface area contributed by atoms with Crippen LogP contribution in [0.25, 0.3) is 0 Å². The minimum Gasteiger partial charge on any atom is -0.476 e. The highest BCUT2D eigenvalue weighted by Crippen LogP contribution is 2.23. The Balaban J connectivity index is 2.18. The second kappa shape index (κ2) is 6.43. The fourth-order valence-electron chi connectivity index (χ4n) is 1.65. The molecule has 1 heterocycles. The van der Waals surface area contributed by atoms with Crippen LogP contribution < -0.4 is 15.8 Å². The average Bonchev–Trinajstić information content (AvgIpc) is 2.48. The minimum atomic E-state index is 0.424. The summed E-state index contributed by atoms with van der Waals surface area (Å²) in [5.41, 5.74) is 7.70. The summed E-state index contributed by atoms with van der Waals surface area (Å²) in [5, 5.41) is 12.0. The highest BCUT2D eigenvalue weighted by molar-refractivity contribution is 5.61. The summed E-state index contributed by atoms with van der Waals surface area (Å²) >= 11 is 0. The normalized spacial score (nSPS) is 9.80. The van der Waals surface area contributed by atoms with E-state index in [9.17, 15) is 0 Å². The number of rotatable bonds is 5. The lowest BCUT2D eigenvalue weighted by Gasteiger charge is -2.10. The quantitative estimate of drug-likeness (QED) is 0.870. The summed E-state index contributed by atoms with van der Waals surface area (Å²) in [7, 11) is 0. The molecule has 2 rings (SSSR count). The molecule has 0 aliphatic carbocycles. The first kappa shape index (κ1) is 13.7. The number of pyridine rings is 1. The predicted molar refractivity (Wildman–Crippen MR) is 78.9 cm³/mol. The molecule has 0 unspecified atom stereocenters. The van der Waals surface area contributed by atoms with E-state index >= 15 is 0 Å². The van der Waals surface area contributed by atoms with Gasteiger partial charge in [-0.25, -0.2) is 0 Å². The molecule has 0 amide bonds. The Hall–Kier alpha value is -2.74. The van der Waals surface area contributed by atoms with Crippen LogP contribution >= 0.6 is 0 Å². The van der Waals surface area contributed by atoms with Crippen molar-refractivity contribution in [2.45, 2.75) is 13.3 Å². The summed E-state index contributed by atoms with van der Waals surface area (Å²) in [6.45, 7) is 2.59. The van der Waals surface area contributed by atoms with E-state index in [1.807, 2.05) is 19.1 Å². The van der Waals surface area contributed by atoms with Crippen LogP contribution in [0.2, 0.25) is 0 Å². The van der Waals surface area contributed by atoms with Crippen molar-refractivity contribution in [3.05, 3.63) is 42.0 Å². The number of nitrogens with two attached hydrogens (primary N) is 1. The van der Waals surface area contributed by atoms with E-state index in [0.29, 0.717) is 29.6 Å². The Kier molecular flexibility index (Phi) is 4.40. The van der Waals surface area contributed by atoms with Crippen LogP contribution in [0.3, 0.4) is 0 Å². The number of anilines is 3. The fourth-order valence-corrected chi connectivity index (χ4v) is 1.65. The number of nitrogens with zero attached hydrogens (tertiary/aromatic N) is 2. The van der Waals surface area contributed by atoms with Crippen molar-refractivity contribution in [1.82, 2.24) is 4.98 Å². The zero-order valence-corrected chi connectivity index (χ0v) is 11.3. The molecule has 5 heteroatoms. The largest absolute Gasteiger partial charge is 0.476 e. The average molecular weight is 268 g/mol. The Morgan fingerprint density at radius 3 is 2.95 bits per heavy atom. The molecule has 1 aromatic carbocycles.